The number of carbonyl (C=O) groups is 1. The van der Waals surface area contributed by atoms with E-state index in [0.29, 0.717) is 13.0 Å². The number of hydrogen-bond donors (Lipinski definition) is 7. The van der Waals surface area contributed by atoms with Gasteiger partial charge in [0.05, 0.1) is 6.61 Å². The summed E-state index contributed by atoms with van der Waals surface area (Å²) in [5.41, 5.74) is 0. The van der Waals surface area contributed by atoms with Gasteiger partial charge in [0, 0.05) is 13.1 Å². The molecular weight excluding hydrogens is 453 g/mol. The second-order valence-corrected chi connectivity index (χ2v) is 10.1. The molecule has 16 nitrogen and oxygen atoms in total. The number of nitrogens with one attached hydrogen (secondary N) is 1. The number of phosphoric ester groups is 1. The van der Waals surface area contributed by atoms with Gasteiger partial charge < -0.3 is 39.8 Å². The summed E-state index contributed by atoms with van der Waals surface area (Å²) in [6.07, 6.45) is -5.43. The van der Waals surface area contributed by atoms with Gasteiger partial charge in [-0.25, -0.2) is 18.5 Å². The fraction of sp³-hybridized carbons (Fsp3) is 0.889. The van der Waals surface area contributed by atoms with E-state index < -0.39 is 60.6 Å². The van der Waals surface area contributed by atoms with E-state index in [-0.39, 0.29) is 6.54 Å². The minimum atomic E-state index is -5.68. The number of urea groups is 1. The van der Waals surface area contributed by atoms with Gasteiger partial charge >= 0.3 is 29.5 Å². The van der Waals surface area contributed by atoms with Gasteiger partial charge in [-0.05, 0) is 6.42 Å². The van der Waals surface area contributed by atoms with Crippen LogP contribution < -0.4 is 5.32 Å². The fourth-order valence-electron chi connectivity index (χ4n) is 2.49. The Bertz CT molecular complexity index is 727. The third kappa shape index (κ3) is 6.54. The maximum absolute atomic E-state index is 11.8. The molecule has 2 saturated heterocycles. The molecule has 2 fully saturated rings. The lowest BCUT2D eigenvalue weighted by Gasteiger charge is -2.33. The Morgan fingerprint density at radius 2 is 1.71 bits per heavy atom. The predicted octanol–water partition coefficient (Wildman–Crippen LogP) is -1.81. The number of aliphatic hydroxyl groups is 2. The number of aliphatic hydroxyl groups excluding tert-OH is 2. The van der Waals surface area contributed by atoms with E-state index in [1.54, 1.807) is 0 Å². The van der Waals surface area contributed by atoms with E-state index in [9.17, 15) is 33.6 Å². The molecule has 19 heteroatoms. The third-order valence-electron chi connectivity index (χ3n) is 3.58. The van der Waals surface area contributed by atoms with E-state index >= 15 is 0 Å². The lowest BCUT2D eigenvalue weighted by molar-refractivity contribution is -0.0812. The van der Waals surface area contributed by atoms with Gasteiger partial charge in [-0.3, -0.25) is 9.42 Å². The predicted molar refractivity (Wildman–Crippen MR) is 85.2 cm³/mol. The highest BCUT2D eigenvalue weighted by atomic mass is 31.3. The maximum Gasteiger partial charge on any atom is 0.490 e. The molecule has 2 unspecified atom stereocenters. The summed E-state index contributed by atoms with van der Waals surface area (Å²) in [5.74, 6) is 0. The SMILES string of the molecule is O=C1NCCCN1[C@@H]1O[C@H](COP(=O)(O)OP(=O)(O)OP(=O)(O)O)[C@@H](O)[C@H]1O. The third-order valence-corrected chi connectivity index (χ3v) is 7.38. The van der Waals surface area contributed by atoms with E-state index in [0.717, 1.165) is 4.90 Å². The zero-order valence-electron chi connectivity index (χ0n) is 13.9. The van der Waals surface area contributed by atoms with Crippen molar-refractivity contribution in [3.05, 3.63) is 0 Å². The van der Waals surface area contributed by atoms with Crippen molar-refractivity contribution in [1.29, 1.82) is 0 Å². The van der Waals surface area contributed by atoms with Crippen LogP contribution in [0.25, 0.3) is 0 Å². The smallest absolute Gasteiger partial charge is 0.387 e. The number of hydrogen-bond acceptors (Lipinski definition) is 10. The van der Waals surface area contributed by atoms with Gasteiger partial charge in [0.15, 0.2) is 6.23 Å². The molecule has 164 valence electrons. The highest BCUT2D eigenvalue weighted by Crippen LogP contribution is 2.66. The number of nitrogens with zero attached hydrogens (tertiary/aromatic N) is 1. The molecule has 0 aromatic heterocycles. The van der Waals surface area contributed by atoms with Crippen LogP contribution in [0.15, 0.2) is 0 Å². The van der Waals surface area contributed by atoms with Gasteiger partial charge in [-0.15, -0.1) is 0 Å². The van der Waals surface area contributed by atoms with Crippen molar-refractivity contribution in [2.75, 3.05) is 19.7 Å². The molecule has 2 amide bonds. The van der Waals surface area contributed by atoms with Crippen molar-refractivity contribution < 1.29 is 66.2 Å². The van der Waals surface area contributed by atoms with Gasteiger partial charge in [0.1, 0.15) is 18.3 Å². The number of amides is 2. The number of phosphoric acid groups is 3. The fourth-order valence-corrected chi connectivity index (χ4v) is 5.52. The summed E-state index contributed by atoms with van der Waals surface area (Å²) in [5, 5.41) is 22.5. The standard InChI is InChI=1S/C9H19N2O14P3/c12-6-5(23-8(7(6)13)11-3-1-2-10-9(11)14)4-22-27(18,19)25-28(20,21)24-26(15,16)17/h5-8,12-13H,1-4H2,(H,10,14)(H,18,19)(H,20,21)(H2,15,16,17)/t5-,6-,7-,8-/m1/s1. The monoisotopic (exact) mass is 472 g/mol. The lowest BCUT2D eigenvalue weighted by Crippen LogP contribution is -2.54. The molecule has 0 aliphatic carbocycles. The van der Waals surface area contributed by atoms with Crippen LogP contribution in [0, 0.1) is 0 Å². The first-order chi connectivity index (χ1) is 12.7. The Balaban J connectivity index is 1.96. The highest BCUT2D eigenvalue weighted by Gasteiger charge is 2.48. The largest absolute Gasteiger partial charge is 0.490 e. The molecule has 28 heavy (non-hydrogen) atoms. The van der Waals surface area contributed by atoms with E-state index in [1.165, 1.54) is 0 Å². The summed E-state index contributed by atoms with van der Waals surface area (Å²) >= 11 is 0. The van der Waals surface area contributed by atoms with Crippen LogP contribution >= 0.6 is 23.5 Å². The van der Waals surface area contributed by atoms with Crippen LogP contribution in [-0.2, 0) is 31.6 Å². The second kappa shape index (κ2) is 8.74. The van der Waals surface area contributed by atoms with Gasteiger partial charge in [-0.2, -0.15) is 8.62 Å². The van der Waals surface area contributed by atoms with Crippen molar-refractivity contribution in [2.24, 2.45) is 0 Å². The number of carbonyl (C=O) groups excluding carboxylic acids is 1. The van der Waals surface area contributed by atoms with Gasteiger partial charge in [0.25, 0.3) is 0 Å². The van der Waals surface area contributed by atoms with E-state index in [1.807, 2.05) is 0 Å². The first-order valence-corrected chi connectivity index (χ1v) is 12.1. The van der Waals surface area contributed by atoms with E-state index in [2.05, 4.69) is 18.5 Å². The van der Waals surface area contributed by atoms with Crippen molar-refractivity contribution in [3.63, 3.8) is 0 Å². The summed E-state index contributed by atoms with van der Waals surface area (Å²) in [6.45, 7) is -0.326. The molecule has 0 aromatic rings. The van der Waals surface area contributed by atoms with Crippen LogP contribution in [0.2, 0.25) is 0 Å². The average Bonchev–Trinajstić information content (AvgIpc) is 2.78. The van der Waals surface area contributed by atoms with Crippen molar-refractivity contribution >= 4 is 29.5 Å². The molecule has 2 rings (SSSR count). The van der Waals surface area contributed by atoms with E-state index in [4.69, 9.17) is 19.4 Å². The molecule has 6 atom stereocenters. The summed E-state index contributed by atoms with van der Waals surface area (Å²) in [7, 11) is -16.6. The summed E-state index contributed by atoms with van der Waals surface area (Å²) in [6, 6.07) is -0.559. The highest BCUT2D eigenvalue weighted by molar-refractivity contribution is 7.66. The first-order valence-electron chi connectivity index (χ1n) is 7.55. The Morgan fingerprint density at radius 1 is 1.07 bits per heavy atom. The normalized spacial score (nSPS) is 33.2. The van der Waals surface area contributed by atoms with Crippen LogP contribution in [0.1, 0.15) is 6.42 Å². The van der Waals surface area contributed by atoms with Gasteiger partial charge in [0.2, 0.25) is 0 Å². The van der Waals surface area contributed by atoms with Crippen LogP contribution in [0.5, 0.6) is 0 Å². The van der Waals surface area contributed by atoms with Crippen molar-refractivity contribution in [2.45, 2.75) is 31.0 Å². The second-order valence-electron chi connectivity index (χ2n) is 5.71. The van der Waals surface area contributed by atoms with Crippen LogP contribution in [-0.4, -0.2) is 85.0 Å². The van der Waals surface area contributed by atoms with Crippen molar-refractivity contribution in [1.82, 2.24) is 10.2 Å². The molecular formula is C9H19N2O14P3. The lowest BCUT2D eigenvalue weighted by atomic mass is 10.1. The van der Waals surface area contributed by atoms with Gasteiger partial charge in [-0.1, -0.05) is 0 Å². The molecule has 0 spiro atoms. The Kier molecular flexibility index (Phi) is 7.44. The maximum atomic E-state index is 11.8. The average molecular weight is 472 g/mol. The molecule has 2 heterocycles. The molecule has 0 aromatic carbocycles. The Morgan fingerprint density at radius 3 is 2.29 bits per heavy atom. The minimum absolute atomic E-state index is 0.211. The minimum Gasteiger partial charge on any atom is -0.387 e. The molecule has 0 saturated carbocycles. The van der Waals surface area contributed by atoms with Crippen molar-refractivity contribution in [3.8, 4) is 0 Å². The molecule has 2 aliphatic heterocycles. The molecule has 7 N–H and O–H groups in total. The molecule has 0 bridgehead atoms. The quantitative estimate of drug-likeness (QED) is 0.193. The Hall–Kier alpha value is -0.440. The molecule has 0 radical (unpaired) electrons. The number of ether oxygens (including phenoxy) is 1. The zero-order chi connectivity index (χ0) is 21.3. The molecule has 2 aliphatic rings. The summed E-state index contributed by atoms with van der Waals surface area (Å²) in [4.78, 5) is 48.2. The van der Waals surface area contributed by atoms with Crippen LogP contribution in [0.4, 0.5) is 4.79 Å². The van der Waals surface area contributed by atoms with Crippen LogP contribution in [0.3, 0.4) is 0 Å². The number of rotatable bonds is 8. The zero-order valence-corrected chi connectivity index (χ0v) is 16.6. The topological polar surface area (TPSA) is 242 Å². The summed E-state index contributed by atoms with van der Waals surface area (Å²) < 4.78 is 50.1. The Labute approximate surface area is 157 Å². The first kappa shape index (κ1) is 23.8.